The van der Waals surface area contributed by atoms with Gasteiger partial charge in [-0.25, -0.2) is 0 Å². The largest absolute Gasteiger partial charge is 0.487 e. The van der Waals surface area contributed by atoms with E-state index in [0.717, 1.165) is 29.4 Å². The quantitative estimate of drug-likeness (QED) is 0.691. The fourth-order valence-electron chi connectivity index (χ4n) is 3.01. The minimum absolute atomic E-state index is 0.0480. The lowest BCUT2D eigenvalue weighted by atomic mass is 10.1. The third-order valence-electron chi connectivity index (χ3n) is 4.86. The van der Waals surface area contributed by atoms with Gasteiger partial charge < -0.3 is 15.2 Å². The van der Waals surface area contributed by atoms with Gasteiger partial charge >= 0.3 is 0 Å². The van der Waals surface area contributed by atoms with E-state index in [1.54, 1.807) is 22.6 Å². The van der Waals surface area contributed by atoms with Gasteiger partial charge in [-0.2, -0.15) is 10.2 Å². The number of amides is 1. The molecule has 4 rings (SSSR count). The van der Waals surface area contributed by atoms with Crippen molar-refractivity contribution in [2.75, 3.05) is 6.61 Å². The molecule has 2 aromatic heterocycles. The van der Waals surface area contributed by atoms with Crippen LogP contribution >= 0.6 is 0 Å². The Bertz CT molecular complexity index is 971. The fourth-order valence-corrected chi connectivity index (χ4v) is 3.01. The van der Waals surface area contributed by atoms with Gasteiger partial charge in [0.1, 0.15) is 18.1 Å². The fraction of sp³-hybridized carbons (Fsp3) is 0.389. The van der Waals surface area contributed by atoms with Crippen molar-refractivity contribution in [2.45, 2.75) is 25.0 Å². The van der Waals surface area contributed by atoms with Crippen molar-refractivity contribution in [3.05, 3.63) is 41.9 Å². The molecule has 2 N–H and O–H groups in total. The van der Waals surface area contributed by atoms with Gasteiger partial charge in [0.05, 0.1) is 23.4 Å². The van der Waals surface area contributed by atoms with Crippen molar-refractivity contribution >= 4 is 16.8 Å². The van der Waals surface area contributed by atoms with E-state index in [0.29, 0.717) is 18.1 Å². The topological polar surface area (TPSA) is 94.2 Å². The highest BCUT2D eigenvalue weighted by Gasteiger charge is 2.44. The number of aliphatic hydroxyl groups is 1. The molecule has 1 aliphatic carbocycles. The summed E-state index contributed by atoms with van der Waals surface area (Å²) in [6.45, 7) is 0.338. The molecule has 1 aromatic carbocycles. The molecule has 0 atom stereocenters. The maximum absolute atomic E-state index is 12.7. The third-order valence-corrected chi connectivity index (χ3v) is 4.86. The molecule has 0 spiro atoms. The Kier molecular flexibility index (Phi) is 3.91. The molecule has 0 saturated heterocycles. The summed E-state index contributed by atoms with van der Waals surface area (Å²) in [6, 6.07) is 7.39. The molecule has 1 saturated carbocycles. The molecule has 136 valence electrons. The third kappa shape index (κ3) is 2.92. The first-order valence-electron chi connectivity index (χ1n) is 8.51. The smallest absolute Gasteiger partial charge is 0.270 e. The maximum atomic E-state index is 12.7. The van der Waals surface area contributed by atoms with Gasteiger partial charge in [0, 0.05) is 25.7 Å². The Labute approximate surface area is 150 Å². The lowest BCUT2D eigenvalue weighted by Gasteiger charge is -2.14. The molecule has 0 radical (unpaired) electrons. The van der Waals surface area contributed by atoms with E-state index in [1.807, 2.05) is 31.3 Å². The van der Waals surface area contributed by atoms with Crippen LogP contribution in [0.4, 0.5) is 0 Å². The number of benzene rings is 1. The molecular formula is C18H21N5O3. The molecule has 3 aromatic rings. The van der Waals surface area contributed by atoms with Gasteiger partial charge in [-0.3, -0.25) is 14.2 Å². The van der Waals surface area contributed by atoms with E-state index in [2.05, 4.69) is 15.5 Å². The summed E-state index contributed by atoms with van der Waals surface area (Å²) >= 11 is 0. The van der Waals surface area contributed by atoms with Crippen LogP contribution in [0, 0.1) is 0 Å². The van der Waals surface area contributed by atoms with Gasteiger partial charge in [-0.05, 0) is 37.1 Å². The maximum Gasteiger partial charge on any atom is 0.270 e. The zero-order valence-corrected chi connectivity index (χ0v) is 14.8. The first-order valence-corrected chi connectivity index (χ1v) is 8.51. The second-order valence-corrected chi connectivity index (χ2v) is 6.78. The first-order chi connectivity index (χ1) is 12.5. The number of aromatic nitrogens is 4. The van der Waals surface area contributed by atoms with Crippen molar-refractivity contribution in [3.63, 3.8) is 0 Å². The van der Waals surface area contributed by atoms with E-state index >= 15 is 0 Å². The van der Waals surface area contributed by atoms with E-state index in [4.69, 9.17) is 4.74 Å². The SMILES string of the molecule is Cn1nccc1COc1ccc2nn(C)c(C(=O)NC3(CO)CC3)c2c1. The van der Waals surface area contributed by atoms with Crippen LogP contribution in [0.25, 0.3) is 10.9 Å². The normalized spacial score (nSPS) is 15.2. The molecule has 0 unspecified atom stereocenters. The minimum atomic E-state index is -0.471. The second-order valence-electron chi connectivity index (χ2n) is 6.78. The summed E-state index contributed by atoms with van der Waals surface area (Å²) in [5, 5.41) is 21.6. The van der Waals surface area contributed by atoms with Crippen LogP contribution < -0.4 is 10.1 Å². The Morgan fingerprint density at radius 3 is 2.77 bits per heavy atom. The predicted molar refractivity (Wildman–Crippen MR) is 94.8 cm³/mol. The van der Waals surface area contributed by atoms with Crippen LogP contribution in [0.3, 0.4) is 0 Å². The Morgan fingerprint density at radius 2 is 2.12 bits per heavy atom. The number of nitrogens with one attached hydrogen (secondary N) is 1. The number of aliphatic hydroxyl groups excluding tert-OH is 1. The molecule has 26 heavy (non-hydrogen) atoms. The highest BCUT2D eigenvalue weighted by molar-refractivity contribution is 6.05. The zero-order valence-electron chi connectivity index (χ0n) is 14.8. The van der Waals surface area contributed by atoms with Crippen molar-refractivity contribution in [1.29, 1.82) is 0 Å². The standard InChI is InChI=1S/C18H21N5O3/c1-22-12(5-8-19-22)10-26-13-3-4-15-14(9-13)16(23(2)21-15)17(25)20-18(11-24)6-7-18/h3-5,8-9,24H,6-7,10-11H2,1-2H3,(H,20,25). The van der Waals surface area contributed by atoms with E-state index in [1.165, 1.54) is 0 Å². The molecule has 1 fully saturated rings. The van der Waals surface area contributed by atoms with Crippen molar-refractivity contribution in [1.82, 2.24) is 24.9 Å². The van der Waals surface area contributed by atoms with E-state index < -0.39 is 5.54 Å². The van der Waals surface area contributed by atoms with E-state index in [-0.39, 0.29) is 12.5 Å². The number of nitrogens with zero attached hydrogens (tertiary/aromatic N) is 4. The number of hydrogen-bond donors (Lipinski definition) is 2. The van der Waals surface area contributed by atoms with Crippen LogP contribution in [-0.2, 0) is 20.7 Å². The van der Waals surface area contributed by atoms with Crippen LogP contribution in [0.2, 0.25) is 0 Å². The number of rotatable bonds is 6. The Hall–Kier alpha value is -2.87. The summed E-state index contributed by atoms with van der Waals surface area (Å²) in [6.07, 6.45) is 3.31. The number of fused-ring (bicyclic) bond motifs is 1. The summed E-state index contributed by atoms with van der Waals surface area (Å²) in [4.78, 5) is 12.7. The first kappa shape index (κ1) is 16.6. The van der Waals surface area contributed by atoms with Crippen molar-refractivity contribution in [2.24, 2.45) is 14.1 Å². The van der Waals surface area contributed by atoms with Crippen LogP contribution in [-0.4, -0.2) is 42.7 Å². The highest BCUT2D eigenvalue weighted by Crippen LogP contribution is 2.35. The van der Waals surface area contributed by atoms with E-state index in [9.17, 15) is 9.90 Å². The van der Waals surface area contributed by atoms with Crippen molar-refractivity contribution < 1.29 is 14.6 Å². The number of carbonyl (C=O) groups excluding carboxylic acids is 1. The molecular weight excluding hydrogens is 334 g/mol. The van der Waals surface area contributed by atoms with Crippen LogP contribution in [0.15, 0.2) is 30.5 Å². The number of aryl methyl sites for hydroxylation is 2. The zero-order chi connectivity index (χ0) is 18.3. The van der Waals surface area contributed by atoms with Gasteiger partial charge in [0.25, 0.3) is 5.91 Å². The van der Waals surface area contributed by atoms with Gasteiger partial charge in [0.15, 0.2) is 0 Å². The van der Waals surface area contributed by atoms with Gasteiger partial charge in [0.2, 0.25) is 0 Å². The molecule has 0 bridgehead atoms. The number of hydrogen-bond acceptors (Lipinski definition) is 5. The summed E-state index contributed by atoms with van der Waals surface area (Å²) in [7, 11) is 3.60. The molecule has 0 aliphatic heterocycles. The lowest BCUT2D eigenvalue weighted by Crippen LogP contribution is -2.40. The van der Waals surface area contributed by atoms with Crippen molar-refractivity contribution in [3.8, 4) is 5.75 Å². The molecule has 1 aliphatic rings. The molecule has 2 heterocycles. The highest BCUT2D eigenvalue weighted by atomic mass is 16.5. The molecule has 8 heteroatoms. The second kappa shape index (κ2) is 6.14. The van der Waals surface area contributed by atoms with Gasteiger partial charge in [-0.1, -0.05) is 0 Å². The average Bonchev–Trinajstić information content (AvgIpc) is 3.14. The Balaban J connectivity index is 1.60. The number of ether oxygens (including phenoxy) is 1. The summed E-state index contributed by atoms with van der Waals surface area (Å²) in [5.41, 5.74) is 1.67. The predicted octanol–water partition coefficient (Wildman–Crippen LogP) is 1.14. The minimum Gasteiger partial charge on any atom is -0.487 e. The van der Waals surface area contributed by atoms with Crippen LogP contribution in [0.5, 0.6) is 5.75 Å². The summed E-state index contributed by atoms with van der Waals surface area (Å²) in [5.74, 6) is 0.425. The molecule has 1 amide bonds. The van der Waals surface area contributed by atoms with Crippen LogP contribution in [0.1, 0.15) is 29.0 Å². The summed E-state index contributed by atoms with van der Waals surface area (Å²) < 4.78 is 9.17. The Morgan fingerprint density at radius 1 is 1.31 bits per heavy atom. The number of carbonyl (C=O) groups is 1. The monoisotopic (exact) mass is 355 g/mol. The van der Waals surface area contributed by atoms with Gasteiger partial charge in [-0.15, -0.1) is 0 Å². The average molecular weight is 355 g/mol. The molecule has 8 nitrogen and oxygen atoms in total. The lowest BCUT2D eigenvalue weighted by molar-refractivity contribution is 0.0899.